The quantitative estimate of drug-likeness (QED) is 0.488. The molecule has 0 aliphatic rings. The van der Waals surface area contributed by atoms with Gasteiger partial charge in [0.2, 0.25) is 0 Å². The summed E-state index contributed by atoms with van der Waals surface area (Å²) in [5.41, 5.74) is 0. The Kier molecular flexibility index (Phi) is 106. The first-order valence-corrected chi connectivity index (χ1v) is 0. The Bertz CT molecular complexity index is 8.00. The molecule has 0 aliphatic carbocycles. The van der Waals surface area contributed by atoms with Crippen LogP contribution in [-0.4, -0.2) is 68.5 Å². The summed E-state index contributed by atoms with van der Waals surface area (Å²) >= 11 is 0. The van der Waals surface area contributed by atoms with Gasteiger partial charge >= 0.3 is 0 Å². The summed E-state index contributed by atoms with van der Waals surface area (Å²) in [5, 5.41) is 0. The maximum Gasteiger partial charge on any atom is 0 e. The normalized spacial score (nSPS) is 0. The van der Waals surface area contributed by atoms with Gasteiger partial charge in [-0.3, -0.25) is 0 Å². The van der Waals surface area contributed by atoms with Gasteiger partial charge in [0, 0.05) is 105 Å². The van der Waals surface area contributed by atoms with Crippen LogP contribution in [0.5, 0.6) is 0 Å². The molecule has 0 saturated heterocycles. The molecule has 17 valence electrons. The SMILES string of the molecule is [Cu].[Mg].[Sr].[Zn]. The van der Waals surface area contributed by atoms with Crippen molar-refractivity contribution in [3.63, 3.8) is 0 Å². The second kappa shape index (κ2) is 16.2. The topological polar surface area (TPSA) is 0 Å². The number of rotatable bonds is 0. The smallest absolute Gasteiger partial charge is 0 e. The van der Waals surface area contributed by atoms with Crippen molar-refractivity contribution in [3.05, 3.63) is 0 Å². The van der Waals surface area contributed by atoms with E-state index in [1.54, 1.807) is 0 Å². The largest absolute Gasteiger partial charge is 0 e. The Morgan fingerprint density at radius 1 is 1.00 bits per heavy atom. The van der Waals surface area contributed by atoms with Crippen molar-refractivity contribution in [3.8, 4) is 0 Å². The van der Waals surface area contributed by atoms with Crippen molar-refractivity contribution in [2.45, 2.75) is 0 Å². The Labute approximate surface area is 103 Å². The van der Waals surface area contributed by atoms with Gasteiger partial charge in [0.15, 0.2) is 0 Å². The van der Waals surface area contributed by atoms with Gasteiger partial charge in [-0.1, -0.05) is 0 Å². The minimum absolute atomic E-state index is 0. The predicted molar refractivity (Wildman–Crippen MR) is 11.5 cm³/mol. The van der Waals surface area contributed by atoms with Gasteiger partial charge < -0.3 is 0 Å². The third kappa shape index (κ3) is 9.04. The third-order valence-corrected chi connectivity index (χ3v) is 0. The average Bonchev–Trinajstić information content (AvgIpc) is 0. The molecule has 4 heavy (non-hydrogen) atoms. The minimum atomic E-state index is 0. The number of hydrogen-bond acceptors (Lipinski definition) is 0. The molecule has 0 aromatic rings. The van der Waals surface area contributed by atoms with E-state index in [-0.39, 0.29) is 105 Å². The predicted octanol–water partition coefficient (Wildman–Crippen LogP) is -0.767. The molecule has 0 unspecified atom stereocenters. The summed E-state index contributed by atoms with van der Waals surface area (Å²) in [4.78, 5) is 0. The summed E-state index contributed by atoms with van der Waals surface area (Å²) < 4.78 is 0. The van der Waals surface area contributed by atoms with Crippen LogP contribution in [-0.2, 0) is 36.5 Å². The maximum absolute atomic E-state index is 0. The summed E-state index contributed by atoms with van der Waals surface area (Å²) in [7, 11) is 0. The minimum Gasteiger partial charge on any atom is 0 e. The second-order valence-corrected chi connectivity index (χ2v) is 0. The Hall–Kier alpha value is 3.39. The molecule has 0 saturated carbocycles. The van der Waals surface area contributed by atoms with Crippen molar-refractivity contribution in [2.75, 3.05) is 0 Å². The molecule has 0 N–H and O–H groups in total. The molecule has 5 radical (unpaired) electrons. The molecular formula is CuMgSrZn. The average molecular weight is 241 g/mol. The van der Waals surface area contributed by atoms with E-state index in [1.807, 2.05) is 0 Å². The molecule has 0 bridgehead atoms. The molecule has 0 aliphatic heterocycles. The van der Waals surface area contributed by atoms with Gasteiger partial charge in [0.05, 0.1) is 0 Å². The van der Waals surface area contributed by atoms with Crippen LogP contribution in [0.2, 0.25) is 0 Å². The van der Waals surface area contributed by atoms with E-state index in [9.17, 15) is 0 Å². The Balaban J connectivity index is 0. The standard InChI is InChI=1S/Cu.Mg.Sr.Zn. The molecule has 0 aromatic heterocycles. The fourth-order valence-corrected chi connectivity index (χ4v) is 0. The van der Waals surface area contributed by atoms with E-state index < -0.39 is 0 Å². The van der Waals surface area contributed by atoms with Crippen LogP contribution in [0, 0.1) is 0 Å². The molecule has 0 amide bonds. The van der Waals surface area contributed by atoms with Crippen molar-refractivity contribution < 1.29 is 36.5 Å². The van der Waals surface area contributed by atoms with Crippen molar-refractivity contribution in [2.24, 2.45) is 0 Å². The van der Waals surface area contributed by atoms with E-state index in [2.05, 4.69) is 0 Å². The Morgan fingerprint density at radius 3 is 1.00 bits per heavy atom. The molecule has 0 fully saturated rings. The van der Waals surface area contributed by atoms with E-state index >= 15 is 0 Å². The van der Waals surface area contributed by atoms with Crippen molar-refractivity contribution in [1.29, 1.82) is 0 Å². The van der Waals surface area contributed by atoms with Crippen LogP contribution in [0.4, 0.5) is 0 Å². The van der Waals surface area contributed by atoms with E-state index in [4.69, 9.17) is 0 Å². The fourth-order valence-electron chi connectivity index (χ4n) is 0. The van der Waals surface area contributed by atoms with Gasteiger partial charge in [0.25, 0.3) is 0 Å². The Morgan fingerprint density at radius 2 is 1.00 bits per heavy atom. The first-order valence-electron chi connectivity index (χ1n) is 0. The first kappa shape index (κ1) is 26.3. The first-order chi connectivity index (χ1) is 0. The van der Waals surface area contributed by atoms with E-state index in [0.717, 1.165) is 0 Å². The number of hydrogen-bond donors (Lipinski definition) is 0. The molecule has 0 atom stereocenters. The second-order valence-electron chi connectivity index (χ2n) is 0. The van der Waals surface area contributed by atoms with Crippen LogP contribution < -0.4 is 0 Å². The molecule has 0 heterocycles. The van der Waals surface area contributed by atoms with Crippen LogP contribution in [0.15, 0.2) is 0 Å². The zero-order valence-corrected chi connectivity index (χ0v) is 11.2. The molecule has 0 rings (SSSR count). The summed E-state index contributed by atoms with van der Waals surface area (Å²) in [5.74, 6) is 0. The zero-order chi connectivity index (χ0) is 0. The zero-order valence-electron chi connectivity index (χ0n) is 2.42. The van der Waals surface area contributed by atoms with Crippen LogP contribution >= 0.6 is 0 Å². The van der Waals surface area contributed by atoms with Crippen molar-refractivity contribution in [1.82, 2.24) is 0 Å². The molecule has 0 spiro atoms. The maximum atomic E-state index is 0. The molecular weight excluding hydrogens is 241 g/mol. The monoisotopic (exact) mass is 239 g/mol. The van der Waals surface area contributed by atoms with Gasteiger partial charge in [-0.05, 0) is 0 Å². The fraction of sp³-hybridized carbons (Fsp3) is 0. The third-order valence-electron chi connectivity index (χ3n) is 0. The van der Waals surface area contributed by atoms with E-state index in [1.165, 1.54) is 0 Å². The van der Waals surface area contributed by atoms with Crippen molar-refractivity contribution >= 4 is 68.5 Å². The van der Waals surface area contributed by atoms with Gasteiger partial charge in [-0.15, -0.1) is 0 Å². The van der Waals surface area contributed by atoms with E-state index in [0.29, 0.717) is 0 Å². The summed E-state index contributed by atoms with van der Waals surface area (Å²) in [6.45, 7) is 0. The summed E-state index contributed by atoms with van der Waals surface area (Å²) in [6.07, 6.45) is 0. The molecule has 0 aromatic carbocycles. The van der Waals surface area contributed by atoms with Crippen LogP contribution in [0.3, 0.4) is 0 Å². The summed E-state index contributed by atoms with van der Waals surface area (Å²) in [6, 6.07) is 0. The van der Waals surface area contributed by atoms with Crippen LogP contribution in [0.25, 0.3) is 0 Å². The van der Waals surface area contributed by atoms with Gasteiger partial charge in [-0.25, -0.2) is 0 Å². The molecule has 0 nitrogen and oxygen atoms in total. The van der Waals surface area contributed by atoms with Gasteiger partial charge in [0.1, 0.15) is 0 Å². The van der Waals surface area contributed by atoms with Crippen LogP contribution in [0.1, 0.15) is 0 Å². The van der Waals surface area contributed by atoms with Gasteiger partial charge in [-0.2, -0.15) is 0 Å². The molecule has 4 heteroatoms.